The molecule has 9 rings (SSSR count). The Labute approximate surface area is 401 Å². The molecule has 9 aromatic rings. The van der Waals surface area contributed by atoms with Crippen LogP contribution >= 0.6 is 11.3 Å². The SMILES string of the molecule is CC(C)Cc1cc(-c2[c-]cccc2)nc[c]1[Ge]([CH3])([CH3])[CH3].Cc1cc(-c2ccc3s[c-]c(-c4nc5ccccc5n4-c4c(C(C)C)cc(-c5ccccc5)cc4C(C)C)c3c2)ccn1.[Ir]. The van der Waals surface area contributed by atoms with Crippen molar-refractivity contribution >= 4 is 50.1 Å². The van der Waals surface area contributed by atoms with Gasteiger partial charge in [0.15, 0.2) is 0 Å². The molecule has 4 nitrogen and oxygen atoms in total. The van der Waals surface area contributed by atoms with E-state index in [9.17, 15) is 0 Å². The number of para-hydroxylation sites is 2. The number of aromatic nitrogens is 4. The minimum Gasteiger partial charge on any atom is -0.333 e. The Bertz CT molecular complexity index is 2990. The zero-order valence-electron chi connectivity index (χ0n) is 38.7. The summed E-state index contributed by atoms with van der Waals surface area (Å²) in [5, 5.41) is 4.84. The van der Waals surface area contributed by atoms with Crippen molar-refractivity contribution in [2.24, 2.45) is 5.92 Å². The number of hydrogen-bond donors (Lipinski definition) is 0. The fourth-order valence-corrected chi connectivity index (χ4v) is 12.7. The van der Waals surface area contributed by atoms with E-state index in [4.69, 9.17) is 9.97 Å². The van der Waals surface area contributed by atoms with E-state index in [0.717, 1.165) is 45.8 Å². The molecule has 4 aromatic heterocycles. The number of hydrogen-bond acceptors (Lipinski definition) is 4. The number of fused-ring (bicyclic) bond motifs is 2. The smallest absolute Gasteiger partial charge is 0.0774 e. The number of aryl methyl sites for hydroxylation is 1. The molecule has 5 aromatic carbocycles. The molecule has 0 saturated heterocycles. The van der Waals surface area contributed by atoms with E-state index in [0.29, 0.717) is 17.8 Å². The Morgan fingerprint density at radius 2 is 1.38 bits per heavy atom. The molecular weight excluding hydrogens is 1040 g/mol. The van der Waals surface area contributed by atoms with Crippen LogP contribution in [0.2, 0.25) is 17.3 Å². The maximum atomic E-state index is 5.31. The summed E-state index contributed by atoms with van der Waals surface area (Å²) in [6.45, 7) is 15.8. The van der Waals surface area contributed by atoms with E-state index in [-0.39, 0.29) is 20.1 Å². The fourth-order valence-electron chi connectivity index (χ4n) is 8.56. The maximum absolute atomic E-state index is 5.31. The van der Waals surface area contributed by atoms with Gasteiger partial charge < -0.3 is 4.57 Å². The van der Waals surface area contributed by atoms with Crippen LogP contribution in [0.4, 0.5) is 0 Å². The number of imidazole rings is 1. The third-order valence-electron chi connectivity index (χ3n) is 11.7. The van der Waals surface area contributed by atoms with E-state index in [1.807, 2.05) is 31.3 Å². The summed E-state index contributed by atoms with van der Waals surface area (Å²) in [7, 11) is 0. The van der Waals surface area contributed by atoms with E-state index in [2.05, 4.69) is 195 Å². The number of benzene rings is 5. The molecule has 1 radical (unpaired) electrons. The van der Waals surface area contributed by atoms with Gasteiger partial charge in [0, 0.05) is 37.7 Å². The molecule has 0 amide bonds. The molecule has 0 unspecified atom stereocenters. The molecule has 0 aliphatic rings. The van der Waals surface area contributed by atoms with Gasteiger partial charge in [-0.2, -0.15) is 0 Å². The Morgan fingerprint density at radius 1 is 0.688 bits per heavy atom. The van der Waals surface area contributed by atoms with Crippen LogP contribution in [-0.2, 0) is 26.5 Å². The first-order valence-electron chi connectivity index (χ1n) is 22.3. The quantitative estimate of drug-likeness (QED) is 0.101. The number of pyridine rings is 2. The standard InChI is InChI=1S/C39H34N3S.C18H24GeN.Ir/c1-24(2)31-21-30(27-11-7-6-8-12-27)22-32(25(3)4)38(31)42-36-14-10-9-13-35(36)41-39(42)34-23-43-37-16-15-28(20-33(34)37)29-17-18-40-26(5)19-29;1-14(2)11-16-12-18(15-9-7-6-8-10-15)20-13-17(16)19(3,4)5;/h6-22,24-25H,1-5H3;6-9,12-14H,11H2,1-5H3;/q2*-1;. The normalized spacial score (nSPS) is 11.6. The van der Waals surface area contributed by atoms with Crippen molar-refractivity contribution in [2.45, 2.75) is 84.0 Å². The number of rotatable bonds is 10. The van der Waals surface area contributed by atoms with Crippen LogP contribution in [0.1, 0.15) is 75.8 Å². The van der Waals surface area contributed by atoms with Crippen molar-refractivity contribution < 1.29 is 20.1 Å². The Balaban J connectivity index is 0.000000246. The molecule has 327 valence electrons. The maximum Gasteiger partial charge on any atom is 0.0774 e. The topological polar surface area (TPSA) is 43.6 Å². The van der Waals surface area contributed by atoms with Gasteiger partial charge in [-0.1, -0.05) is 104 Å². The minimum absolute atomic E-state index is 0. The second-order valence-corrected chi connectivity index (χ2v) is 30.2. The van der Waals surface area contributed by atoms with E-state index >= 15 is 0 Å². The van der Waals surface area contributed by atoms with Crippen LogP contribution in [0.25, 0.3) is 71.7 Å². The molecule has 0 spiro atoms. The first kappa shape index (κ1) is 47.0. The largest absolute Gasteiger partial charge is 0.333 e. The second-order valence-electron chi connectivity index (χ2n) is 18.8. The molecule has 0 aliphatic heterocycles. The summed E-state index contributed by atoms with van der Waals surface area (Å²) < 4.78 is 5.16. The van der Waals surface area contributed by atoms with Gasteiger partial charge in [-0.15, -0.1) is 5.39 Å². The molecule has 0 aliphatic carbocycles. The summed E-state index contributed by atoms with van der Waals surface area (Å²) in [5.41, 5.74) is 16.5. The first-order chi connectivity index (χ1) is 30.3. The van der Waals surface area contributed by atoms with Crippen LogP contribution in [0.3, 0.4) is 0 Å². The van der Waals surface area contributed by atoms with Gasteiger partial charge in [-0.25, -0.2) is 0 Å². The third-order valence-corrected chi connectivity index (χ3v) is 16.9. The molecule has 4 heterocycles. The van der Waals surface area contributed by atoms with Crippen molar-refractivity contribution in [2.75, 3.05) is 0 Å². The third kappa shape index (κ3) is 10.1. The number of nitrogens with zero attached hydrogens (tertiary/aromatic N) is 4. The van der Waals surface area contributed by atoms with Crippen molar-refractivity contribution in [1.82, 2.24) is 19.5 Å². The molecule has 0 fully saturated rings. The van der Waals surface area contributed by atoms with Gasteiger partial charge in [0.25, 0.3) is 0 Å². The molecule has 7 heteroatoms. The van der Waals surface area contributed by atoms with Gasteiger partial charge in [0.05, 0.1) is 16.9 Å². The number of thiophene rings is 1. The van der Waals surface area contributed by atoms with Crippen LogP contribution in [0.15, 0.2) is 140 Å². The second kappa shape index (κ2) is 20.0. The molecular formula is C57H58GeIrN4S-2. The van der Waals surface area contributed by atoms with Crippen LogP contribution < -0.4 is 4.40 Å². The van der Waals surface area contributed by atoms with E-state index in [1.165, 1.54) is 54.7 Å². The average Bonchev–Trinajstić information content (AvgIpc) is 3.87. The fraction of sp³-hybridized carbons (Fsp3) is 0.246. The van der Waals surface area contributed by atoms with Gasteiger partial charge in [-0.05, 0) is 88.5 Å². The summed E-state index contributed by atoms with van der Waals surface area (Å²) >= 11 is -0.198. The average molecular weight is 1100 g/mol. The Morgan fingerprint density at radius 3 is 2.03 bits per heavy atom. The van der Waals surface area contributed by atoms with Crippen molar-refractivity contribution in [1.29, 1.82) is 0 Å². The Kier molecular flexibility index (Phi) is 14.7. The molecule has 0 atom stereocenters. The monoisotopic (exact) mass is 1100 g/mol. The molecule has 0 bridgehead atoms. The van der Waals surface area contributed by atoms with Gasteiger partial charge in [0.1, 0.15) is 0 Å². The molecule has 0 saturated carbocycles. The molecule has 0 N–H and O–H groups in total. The zero-order chi connectivity index (χ0) is 44.4. The predicted octanol–water partition coefficient (Wildman–Crippen LogP) is 15.3. The molecule has 64 heavy (non-hydrogen) atoms. The van der Waals surface area contributed by atoms with Crippen molar-refractivity contribution in [3.05, 3.63) is 174 Å². The van der Waals surface area contributed by atoms with E-state index < -0.39 is 13.3 Å². The summed E-state index contributed by atoms with van der Waals surface area (Å²) in [4.78, 5) is 14.4. The van der Waals surface area contributed by atoms with Crippen molar-refractivity contribution in [3.63, 3.8) is 0 Å². The van der Waals surface area contributed by atoms with Gasteiger partial charge >= 0.3 is 126 Å². The first-order valence-corrected chi connectivity index (χ1v) is 30.5. The van der Waals surface area contributed by atoms with Gasteiger partial charge in [-0.3, -0.25) is 21.3 Å². The predicted molar refractivity (Wildman–Crippen MR) is 272 cm³/mol. The Hall–Kier alpha value is -4.98. The minimum atomic E-state index is -1.86. The van der Waals surface area contributed by atoms with Crippen LogP contribution in [0, 0.1) is 24.3 Å². The summed E-state index contributed by atoms with van der Waals surface area (Å²) in [6.07, 6.45) is 5.16. The summed E-state index contributed by atoms with van der Waals surface area (Å²) in [5.74, 6) is 9.56. The zero-order valence-corrected chi connectivity index (χ0v) is 44.1. The van der Waals surface area contributed by atoms with Crippen LogP contribution in [0.5, 0.6) is 0 Å². The van der Waals surface area contributed by atoms with E-state index in [1.54, 1.807) is 15.7 Å². The van der Waals surface area contributed by atoms with Crippen LogP contribution in [-0.4, -0.2) is 32.8 Å². The van der Waals surface area contributed by atoms with Gasteiger partial charge in [0.2, 0.25) is 0 Å². The van der Waals surface area contributed by atoms with Crippen molar-refractivity contribution in [3.8, 4) is 50.6 Å². The summed E-state index contributed by atoms with van der Waals surface area (Å²) in [6, 6.07) is 48.6.